The first kappa shape index (κ1) is 14.1. The highest BCUT2D eigenvalue weighted by Gasteiger charge is 2.12. The number of halogens is 2. The van der Waals surface area contributed by atoms with Gasteiger partial charge in [-0.2, -0.15) is 0 Å². The van der Waals surface area contributed by atoms with Gasteiger partial charge in [-0.3, -0.25) is 0 Å². The van der Waals surface area contributed by atoms with Gasteiger partial charge in [-0.1, -0.05) is 28.9 Å². The van der Waals surface area contributed by atoms with Gasteiger partial charge in [0, 0.05) is 24.5 Å². The quantitative estimate of drug-likeness (QED) is 0.395. The van der Waals surface area contributed by atoms with Gasteiger partial charge < -0.3 is 15.8 Å². The summed E-state index contributed by atoms with van der Waals surface area (Å²) in [5, 5.41) is 11.8. The molecule has 1 heterocycles. The standard InChI is InChI=1S/C13H12ClFN4O/c1-19(13-11(15)6-9(14)7-17-13)10-4-2-3-8(5-10)12(16)18-20/h2-7,20H,1H3,(H2,16,18). The second-order valence-electron chi connectivity index (χ2n) is 4.05. The van der Waals surface area contributed by atoms with Crippen LogP contribution in [-0.4, -0.2) is 23.1 Å². The molecule has 0 bridgehead atoms. The minimum atomic E-state index is -0.533. The molecule has 2 aromatic rings. The molecule has 0 aliphatic carbocycles. The fraction of sp³-hybridized carbons (Fsp3) is 0.0769. The SMILES string of the molecule is CN(c1cccc(C(N)=NO)c1)c1ncc(Cl)cc1F. The van der Waals surface area contributed by atoms with E-state index >= 15 is 0 Å². The fourth-order valence-electron chi connectivity index (χ4n) is 1.71. The minimum absolute atomic E-state index is 0.0233. The molecule has 0 unspecified atom stereocenters. The number of nitrogens with two attached hydrogens (primary N) is 1. The molecule has 20 heavy (non-hydrogen) atoms. The fourth-order valence-corrected chi connectivity index (χ4v) is 1.85. The number of hydrogen-bond acceptors (Lipinski definition) is 4. The Hall–Kier alpha value is -2.34. The first-order chi connectivity index (χ1) is 9.52. The summed E-state index contributed by atoms with van der Waals surface area (Å²) in [6.45, 7) is 0. The molecule has 1 aromatic heterocycles. The van der Waals surface area contributed by atoms with E-state index in [9.17, 15) is 4.39 Å². The first-order valence-corrected chi connectivity index (χ1v) is 6.03. The maximum atomic E-state index is 13.8. The van der Waals surface area contributed by atoms with Crippen molar-refractivity contribution in [2.45, 2.75) is 0 Å². The van der Waals surface area contributed by atoms with Crippen molar-refractivity contribution >= 4 is 28.9 Å². The van der Waals surface area contributed by atoms with Crippen molar-refractivity contribution in [2.24, 2.45) is 10.9 Å². The van der Waals surface area contributed by atoms with E-state index in [0.717, 1.165) is 0 Å². The molecule has 0 aliphatic rings. The highest BCUT2D eigenvalue weighted by molar-refractivity contribution is 6.30. The molecule has 0 saturated heterocycles. The van der Waals surface area contributed by atoms with Crippen molar-refractivity contribution in [2.75, 3.05) is 11.9 Å². The van der Waals surface area contributed by atoms with Crippen molar-refractivity contribution in [3.05, 3.63) is 52.9 Å². The average molecular weight is 295 g/mol. The molecular formula is C13H12ClFN4O. The summed E-state index contributed by atoms with van der Waals surface area (Å²) in [4.78, 5) is 5.50. The monoisotopic (exact) mass is 294 g/mol. The number of benzene rings is 1. The van der Waals surface area contributed by atoms with Crippen LogP contribution in [0, 0.1) is 5.82 Å². The maximum Gasteiger partial charge on any atom is 0.170 e. The van der Waals surface area contributed by atoms with Crippen LogP contribution in [0.1, 0.15) is 5.56 Å². The van der Waals surface area contributed by atoms with E-state index in [1.54, 1.807) is 36.2 Å². The van der Waals surface area contributed by atoms with E-state index in [2.05, 4.69) is 10.1 Å². The van der Waals surface area contributed by atoms with Gasteiger partial charge in [0.05, 0.1) is 5.02 Å². The van der Waals surface area contributed by atoms with Crippen LogP contribution in [0.3, 0.4) is 0 Å². The Kier molecular flexibility index (Phi) is 4.05. The lowest BCUT2D eigenvalue weighted by molar-refractivity contribution is 0.318. The van der Waals surface area contributed by atoms with E-state index in [0.29, 0.717) is 11.3 Å². The third-order valence-electron chi connectivity index (χ3n) is 2.74. The number of nitrogens with zero attached hydrogens (tertiary/aromatic N) is 3. The zero-order chi connectivity index (χ0) is 14.7. The van der Waals surface area contributed by atoms with E-state index in [4.69, 9.17) is 22.5 Å². The zero-order valence-electron chi connectivity index (χ0n) is 10.6. The summed E-state index contributed by atoms with van der Waals surface area (Å²) in [5.74, 6) is -0.426. The number of rotatable bonds is 3. The molecule has 0 atom stereocenters. The summed E-state index contributed by atoms with van der Waals surface area (Å²) in [6.07, 6.45) is 1.36. The number of anilines is 2. The molecule has 0 spiro atoms. The van der Waals surface area contributed by atoms with Gasteiger partial charge in [0.1, 0.15) is 0 Å². The lowest BCUT2D eigenvalue weighted by Crippen LogP contribution is -2.16. The number of aromatic nitrogens is 1. The normalized spacial score (nSPS) is 11.4. The van der Waals surface area contributed by atoms with Crippen molar-refractivity contribution in [3.63, 3.8) is 0 Å². The Morgan fingerprint density at radius 2 is 2.20 bits per heavy atom. The van der Waals surface area contributed by atoms with Crippen LogP contribution in [0.2, 0.25) is 5.02 Å². The van der Waals surface area contributed by atoms with Crippen molar-refractivity contribution in [1.82, 2.24) is 4.98 Å². The van der Waals surface area contributed by atoms with Crippen LogP contribution in [-0.2, 0) is 0 Å². The zero-order valence-corrected chi connectivity index (χ0v) is 11.3. The van der Waals surface area contributed by atoms with Crippen LogP contribution >= 0.6 is 11.6 Å². The summed E-state index contributed by atoms with van der Waals surface area (Å²) in [6, 6.07) is 7.99. The highest BCUT2D eigenvalue weighted by Crippen LogP contribution is 2.26. The Bertz CT molecular complexity index is 663. The van der Waals surface area contributed by atoms with E-state index in [1.165, 1.54) is 12.3 Å². The first-order valence-electron chi connectivity index (χ1n) is 5.65. The van der Waals surface area contributed by atoms with E-state index in [1.807, 2.05) is 0 Å². The van der Waals surface area contributed by atoms with Crippen LogP contribution in [0.15, 0.2) is 41.7 Å². The van der Waals surface area contributed by atoms with E-state index in [-0.39, 0.29) is 16.7 Å². The number of hydrogen-bond donors (Lipinski definition) is 2. The topological polar surface area (TPSA) is 74.7 Å². The summed E-state index contributed by atoms with van der Waals surface area (Å²) >= 11 is 5.67. The number of oxime groups is 1. The third kappa shape index (κ3) is 2.80. The van der Waals surface area contributed by atoms with Gasteiger partial charge in [-0.25, -0.2) is 9.37 Å². The Morgan fingerprint density at radius 1 is 1.45 bits per heavy atom. The predicted octanol–water partition coefficient (Wildman–Crippen LogP) is 2.74. The van der Waals surface area contributed by atoms with Crippen molar-refractivity contribution in [3.8, 4) is 0 Å². The second kappa shape index (κ2) is 5.75. The van der Waals surface area contributed by atoms with Crippen molar-refractivity contribution in [1.29, 1.82) is 0 Å². The van der Waals surface area contributed by atoms with Gasteiger partial charge in [-0.05, 0) is 18.2 Å². The van der Waals surface area contributed by atoms with Crippen LogP contribution in [0.5, 0.6) is 0 Å². The largest absolute Gasteiger partial charge is 0.409 e. The lowest BCUT2D eigenvalue weighted by Gasteiger charge is -2.19. The molecule has 7 heteroatoms. The molecule has 0 aliphatic heterocycles. The number of amidine groups is 1. The molecular weight excluding hydrogens is 283 g/mol. The van der Waals surface area contributed by atoms with Gasteiger partial charge in [0.15, 0.2) is 17.5 Å². The molecule has 5 nitrogen and oxygen atoms in total. The highest BCUT2D eigenvalue weighted by atomic mass is 35.5. The van der Waals surface area contributed by atoms with Gasteiger partial charge in [0.2, 0.25) is 0 Å². The lowest BCUT2D eigenvalue weighted by atomic mass is 10.1. The summed E-state index contributed by atoms with van der Waals surface area (Å²) in [5.41, 5.74) is 6.69. The maximum absolute atomic E-state index is 13.8. The number of pyridine rings is 1. The summed E-state index contributed by atoms with van der Waals surface area (Å²) < 4.78 is 13.8. The minimum Gasteiger partial charge on any atom is -0.409 e. The Labute approximate surface area is 120 Å². The van der Waals surface area contributed by atoms with Gasteiger partial charge in [-0.15, -0.1) is 0 Å². The van der Waals surface area contributed by atoms with Crippen LogP contribution in [0.25, 0.3) is 0 Å². The Balaban J connectivity index is 2.40. The smallest absolute Gasteiger partial charge is 0.170 e. The molecule has 1 aromatic carbocycles. The Morgan fingerprint density at radius 3 is 2.85 bits per heavy atom. The van der Waals surface area contributed by atoms with Crippen molar-refractivity contribution < 1.29 is 9.60 Å². The molecule has 0 saturated carbocycles. The second-order valence-corrected chi connectivity index (χ2v) is 4.49. The van der Waals surface area contributed by atoms with E-state index < -0.39 is 5.82 Å². The van der Waals surface area contributed by atoms with Gasteiger partial charge in [0.25, 0.3) is 0 Å². The molecule has 0 amide bonds. The molecule has 0 radical (unpaired) electrons. The van der Waals surface area contributed by atoms with Crippen LogP contribution < -0.4 is 10.6 Å². The third-order valence-corrected chi connectivity index (χ3v) is 2.95. The average Bonchev–Trinajstić information content (AvgIpc) is 2.46. The molecule has 0 fully saturated rings. The molecule has 2 rings (SSSR count). The predicted molar refractivity (Wildman–Crippen MR) is 76.2 cm³/mol. The van der Waals surface area contributed by atoms with Gasteiger partial charge >= 0.3 is 0 Å². The van der Waals surface area contributed by atoms with Crippen LogP contribution in [0.4, 0.5) is 15.9 Å². The molecule has 104 valence electrons. The molecule has 3 N–H and O–H groups in total. The summed E-state index contributed by atoms with van der Waals surface area (Å²) in [7, 11) is 1.66.